The Labute approximate surface area is 118 Å². The van der Waals surface area contributed by atoms with Crippen molar-refractivity contribution in [3.63, 3.8) is 0 Å². The SMILES string of the molecule is CC(C)C1CCCN(c2nccc(C(=O)O)c2F)CC1. The van der Waals surface area contributed by atoms with E-state index in [-0.39, 0.29) is 11.4 Å². The fourth-order valence-corrected chi connectivity index (χ4v) is 2.82. The third-order valence-electron chi connectivity index (χ3n) is 4.12. The highest BCUT2D eigenvalue weighted by Gasteiger charge is 2.24. The van der Waals surface area contributed by atoms with Crippen molar-refractivity contribution in [2.75, 3.05) is 18.0 Å². The molecule has 1 aromatic rings. The van der Waals surface area contributed by atoms with Crippen molar-refractivity contribution in [3.8, 4) is 0 Å². The minimum Gasteiger partial charge on any atom is -0.478 e. The number of carbonyl (C=O) groups is 1. The molecule has 0 aromatic carbocycles. The van der Waals surface area contributed by atoms with Crippen LogP contribution in [0.4, 0.5) is 10.2 Å². The number of carboxylic acid groups (broad SMARTS) is 1. The first kappa shape index (κ1) is 14.8. The molecule has 1 N–H and O–H groups in total. The summed E-state index contributed by atoms with van der Waals surface area (Å²) in [4.78, 5) is 16.9. The Morgan fingerprint density at radius 2 is 2.20 bits per heavy atom. The summed E-state index contributed by atoms with van der Waals surface area (Å²) in [5.74, 6) is -0.526. The van der Waals surface area contributed by atoms with Crippen LogP contribution in [0.15, 0.2) is 12.3 Å². The number of anilines is 1. The van der Waals surface area contributed by atoms with Crippen molar-refractivity contribution in [2.45, 2.75) is 33.1 Å². The second-order valence-electron chi connectivity index (χ2n) is 5.72. The van der Waals surface area contributed by atoms with Crippen LogP contribution < -0.4 is 4.90 Å². The largest absolute Gasteiger partial charge is 0.478 e. The van der Waals surface area contributed by atoms with Gasteiger partial charge in [-0.2, -0.15) is 0 Å². The molecule has 1 aliphatic rings. The van der Waals surface area contributed by atoms with E-state index < -0.39 is 11.8 Å². The van der Waals surface area contributed by atoms with Crippen LogP contribution >= 0.6 is 0 Å². The second-order valence-corrected chi connectivity index (χ2v) is 5.72. The highest BCUT2D eigenvalue weighted by atomic mass is 19.1. The molecule has 0 amide bonds. The van der Waals surface area contributed by atoms with E-state index in [0.29, 0.717) is 11.8 Å². The molecule has 1 unspecified atom stereocenters. The summed E-state index contributed by atoms with van der Waals surface area (Å²) in [5, 5.41) is 8.97. The van der Waals surface area contributed by atoms with Gasteiger partial charge in [0, 0.05) is 19.3 Å². The lowest BCUT2D eigenvalue weighted by atomic mass is 9.89. The standard InChI is InChI=1S/C15H21FN2O2/c1-10(2)11-4-3-8-18(9-6-11)14-13(16)12(15(19)20)5-7-17-14/h5,7,10-11H,3-4,6,8-9H2,1-2H3,(H,19,20). The van der Waals surface area contributed by atoms with Crippen LogP contribution in [-0.2, 0) is 0 Å². The molecule has 1 aliphatic heterocycles. The molecule has 2 rings (SSSR count). The smallest absolute Gasteiger partial charge is 0.338 e. The van der Waals surface area contributed by atoms with Gasteiger partial charge < -0.3 is 10.0 Å². The number of hydrogen-bond acceptors (Lipinski definition) is 3. The van der Waals surface area contributed by atoms with E-state index in [2.05, 4.69) is 18.8 Å². The summed E-state index contributed by atoms with van der Waals surface area (Å²) < 4.78 is 14.2. The molecule has 1 atom stereocenters. The first-order valence-corrected chi connectivity index (χ1v) is 7.13. The van der Waals surface area contributed by atoms with Crippen LogP contribution in [0.3, 0.4) is 0 Å². The fourth-order valence-electron chi connectivity index (χ4n) is 2.82. The number of nitrogens with zero attached hydrogens (tertiary/aromatic N) is 2. The average molecular weight is 280 g/mol. The monoisotopic (exact) mass is 280 g/mol. The van der Waals surface area contributed by atoms with E-state index in [1.165, 1.54) is 12.3 Å². The first-order valence-electron chi connectivity index (χ1n) is 7.13. The highest BCUT2D eigenvalue weighted by molar-refractivity contribution is 5.88. The molecular weight excluding hydrogens is 259 g/mol. The van der Waals surface area contributed by atoms with Gasteiger partial charge in [0.05, 0.1) is 0 Å². The van der Waals surface area contributed by atoms with Gasteiger partial charge in [-0.25, -0.2) is 14.2 Å². The number of aromatic nitrogens is 1. The molecule has 0 aliphatic carbocycles. The molecule has 1 saturated heterocycles. The van der Waals surface area contributed by atoms with Gasteiger partial charge in [0.25, 0.3) is 0 Å². The van der Waals surface area contributed by atoms with Crippen molar-refractivity contribution in [3.05, 3.63) is 23.6 Å². The van der Waals surface area contributed by atoms with E-state index in [0.717, 1.165) is 32.4 Å². The molecule has 1 aromatic heterocycles. The molecule has 1 fully saturated rings. The molecule has 4 nitrogen and oxygen atoms in total. The third kappa shape index (κ3) is 3.08. The van der Waals surface area contributed by atoms with E-state index in [9.17, 15) is 9.18 Å². The van der Waals surface area contributed by atoms with Crippen molar-refractivity contribution >= 4 is 11.8 Å². The highest BCUT2D eigenvalue weighted by Crippen LogP contribution is 2.28. The minimum absolute atomic E-state index is 0.175. The number of carboxylic acids is 1. The summed E-state index contributed by atoms with van der Waals surface area (Å²) in [6, 6.07) is 1.20. The lowest BCUT2D eigenvalue weighted by Gasteiger charge is -2.23. The lowest BCUT2D eigenvalue weighted by molar-refractivity contribution is 0.0691. The number of hydrogen-bond donors (Lipinski definition) is 1. The normalized spacial score (nSPS) is 20.0. The number of pyridine rings is 1. The molecule has 0 radical (unpaired) electrons. The Hall–Kier alpha value is -1.65. The lowest BCUT2D eigenvalue weighted by Crippen LogP contribution is -2.27. The average Bonchev–Trinajstić information content (AvgIpc) is 2.64. The zero-order chi connectivity index (χ0) is 14.7. The molecular formula is C15H21FN2O2. The molecule has 0 spiro atoms. The predicted octanol–water partition coefficient (Wildman–Crippen LogP) is 3.18. The van der Waals surface area contributed by atoms with Crippen LogP contribution in [0, 0.1) is 17.7 Å². The van der Waals surface area contributed by atoms with Crippen molar-refractivity contribution in [1.29, 1.82) is 0 Å². The van der Waals surface area contributed by atoms with Crippen molar-refractivity contribution in [1.82, 2.24) is 4.98 Å². The molecule has 20 heavy (non-hydrogen) atoms. The summed E-state index contributed by atoms with van der Waals surface area (Å²) in [5.41, 5.74) is -0.306. The van der Waals surface area contributed by atoms with Crippen LogP contribution in [0.2, 0.25) is 0 Å². The van der Waals surface area contributed by atoms with Gasteiger partial charge in [-0.05, 0) is 37.2 Å². The van der Waals surface area contributed by atoms with E-state index in [4.69, 9.17) is 5.11 Å². The van der Waals surface area contributed by atoms with E-state index in [1.54, 1.807) is 0 Å². The van der Waals surface area contributed by atoms with Crippen molar-refractivity contribution in [2.24, 2.45) is 11.8 Å². The van der Waals surface area contributed by atoms with Crippen LogP contribution in [0.25, 0.3) is 0 Å². The summed E-state index contributed by atoms with van der Waals surface area (Å²) >= 11 is 0. The zero-order valence-electron chi connectivity index (χ0n) is 12.0. The van der Waals surface area contributed by atoms with Gasteiger partial charge in [-0.15, -0.1) is 0 Å². The quantitative estimate of drug-likeness (QED) is 0.924. The van der Waals surface area contributed by atoms with E-state index in [1.807, 2.05) is 4.90 Å². The molecule has 2 heterocycles. The number of aromatic carboxylic acids is 1. The molecule has 0 bridgehead atoms. The van der Waals surface area contributed by atoms with Crippen LogP contribution in [0.5, 0.6) is 0 Å². The Balaban J connectivity index is 2.20. The fraction of sp³-hybridized carbons (Fsp3) is 0.600. The first-order chi connectivity index (χ1) is 9.50. The van der Waals surface area contributed by atoms with E-state index >= 15 is 0 Å². The number of rotatable bonds is 3. The summed E-state index contributed by atoms with van der Waals surface area (Å²) in [6.45, 7) is 5.89. The summed E-state index contributed by atoms with van der Waals surface area (Å²) in [6.07, 6.45) is 4.48. The number of halogens is 1. The Bertz CT molecular complexity index is 491. The van der Waals surface area contributed by atoms with Gasteiger partial charge in [0.15, 0.2) is 11.6 Å². The van der Waals surface area contributed by atoms with Gasteiger partial charge in [0.2, 0.25) is 0 Å². The van der Waals surface area contributed by atoms with Crippen molar-refractivity contribution < 1.29 is 14.3 Å². The maximum atomic E-state index is 14.2. The minimum atomic E-state index is -1.25. The zero-order valence-corrected chi connectivity index (χ0v) is 12.0. The molecule has 0 saturated carbocycles. The van der Waals surface area contributed by atoms with Crippen LogP contribution in [0.1, 0.15) is 43.5 Å². The van der Waals surface area contributed by atoms with Gasteiger partial charge in [-0.1, -0.05) is 13.8 Å². The Kier molecular flexibility index (Phi) is 4.57. The topological polar surface area (TPSA) is 53.4 Å². The van der Waals surface area contributed by atoms with Gasteiger partial charge >= 0.3 is 5.97 Å². The Morgan fingerprint density at radius 1 is 1.45 bits per heavy atom. The molecule has 110 valence electrons. The molecule has 5 heteroatoms. The van der Waals surface area contributed by atoms with Gasteiger partial charge in [-0.3, -0.25) is 0 Å². The third-order valence-corrected chi connectivity index (χ3v) is 4.12. The Morgan fingerprint density at radius 3 is 2.85 bits per heavy atom. The maximum absolute atomic E-state index is 14.2. The predicted molar refractivity (Wildman–Crippen MR) is 75.5 cm³/mol. The second kappa shape index (κ2) is 6.20. The summed E-state index contributed by atoms with van der Waals surface area (Å²) in [7, 11) is 0. The van der Waals surface area contributed by atoms with Crippen LogP contribution in [-0.4, -0.2) is 29.1 Å². The maximum Gasteiger partial charge on any atom is 0.338 e. The van der Waals surface area contributed by atoms with Gasteiger partial charge in [0.1, 0.15) is 5.56 Å².